The van der Waals surface area contributed by atoms with Crippen LogP contribution in [0.25, 0.3) is 0 Å². The molecule has 2 atom stereocenters. The lowest BCUT2D eigenvalue weighted by Gasteiger charge is -2.30. The molecule has 4 nitrogen and oxygen atoms in total. The third-order valence-electron chi connectivity index (χ3n) is 3.00. The van der Waals surface area contributed by atoms with Gasteiger partial charge in [-0.05, 0) is 19.9 Å². The first-order valence-electron chi connectivity index (χ1n) is 5.49. The van der Waals surface area contributed by atoms with Crippen LogP contribution >= 0.6 is 11.8 Å². The van der Waals surface area contributed by atoms with Gasteiger partial charge in [-0.3, -0.25) is 0 Å². The van der Waals surface area contributed by atoms with Crippen molar-refractivity contribution in [2.75, 3.05) is 7.05 Å². The minimum absolute atomic E-state index is 0.625. The fourth-order valence-electron chi connectivity index (χ4n) is 2.10. The topological polar surface area (TPSA) is 42.7 Å². The summed E-state index contributed by atoms with van der Waals surface area (Å²) < 4.78 is 1.85. The van der Waals surface area contributed by atoms with E-state index in [1.165, 1.54) is 25.7 Å². The fourth-order valence-corrected chi connectivity index (χ4v) is 3.40. The molecule has 0 amide bonds. The highest BCUT2D eigenvalue weighted by Crippen LogP contribution is 2.32. The monoisotopic (exact) mass is 226 g/mol. The van der Waals surface area contributed by atoms with Crippen molar-refractivity contribution in [1.29, 1.82) is 0 Å². The third-order valence-corrected chi connectivity index (χ3v) is 4.45. The average molecular weight is 226 g/mol. The molecule has 5 heteroatoms. The molecular formula is C10H18N4S. The summed E-state index contributed by atoms with van der Waals surface area (Å²) in [7, 11) is 4.01. The predicted molar refractivity (Wildman–Crippen MR) is 62.0 cm³/mol. The number of hydrogen-bond acceptors (Lipinski definition) is 4. The summed E-state index contributed by atoms with van der Waals surface area (Å²) >= 11 is 1.86. The zero-order valence-electron chi connectivity index (χ0n) is 9.31. The molecule has 0 saturated heterocycles. The van der Waals surface area contributed by atoms with Gasteiger partial charge in [0, 0.05) is 18.3 Å². The lowest BCUT2D eigenvalue weighted by molar-refractivity contribution is 0.404. The maximum absolute atomic E-state index is 4.27. The van der Waals surface area contributed by atoms with E-state index in [4.69, 9.17) is 0 Å². The molecule has 0 spiro atoms. The van der Waals surface area contributed by atoms with E-state index in [-0.39, 0.29) is 0 Å². The van der Waals surface area contributed by atoms with Crippen LogP contribution in [0.5, 0.6) is 0 Å². The van der Waals surface area contributed by atoms with Gasteiger partial charge in [-0.1, -0.05) is 24.6 Å². The molecule has 1 heterocycles. The Balaban J connectivity index is 2.00. The van der Waals surface area contributed by atoms with Gasteiger partial charge >= 0.3 is 0 Å². The SMILES string of the molecule is CNC1CCCCC1Sc1ncnn1C. The van der Waals surface area contributed by atoms with E-state index in [9.17, 15) is 0 Å². The summed E-state index contributed by atoms with van der Waals surface area (Å²) in [6.07, 6.45) is 6.88. The van der Waals surface area contributed by atoms with Crippen LogP contribution in [0.4, 0.5) is 0 Å². The minimum atomic E-state index is 0.625. The van der Waals surface area contributed by atoms with Gasteiger partial charge in [0.05, 0.1) is 0 Å². The normalized spacial score (nSPS) is 26.8. The van der Waals surface area contributed by atoms with Crippen LogP contribution < -0.4 is 5.32 Å². The molecule has 1 aromatic rings. The highest BCUT2D eigenvalue weighted by atomic mass is 32.2. The van der Waals surface area contributed by atoms with Crippen molar-refractivity contribution in [3.8, 4) is 0 Å². The lowest BCUT2D eigenvalue weighted by Crippen LogP contribution is -2.38. The first kappa shape index (κ1) is 11.0. The number of rotatable bonds is 3. The molecule has 1 aliphatic carbocycles. The van der Waals surface area contributed by atoms with E-state index in [1.54, 1.807) is 6.33 Å². The molecule has 1 saturated carbocycles. The zero-order valence-corrected chi connectivity index (χ0v) is 10.1. The Kier molecular flexibility index (Phi) is 3.64. The fraction of sp³-hybridized carbons (Fsp3) is 0.800. The number of thioether (sulfide) groups is 1. The second kappa shape index (κ2) is 4.99. The van der Waals surface area contributed by atoms with Crippen LogP contribution in [0.2, 0.25) is 0 Å². The third kappa shape index (κ3) is 2.52. The summed E-state index contributed by atoms with van der Waals surface area (Å²) in [6.45, 7) is 0. The molecule has 1 fully saturated rings. The standard InChI is InChI=1S/C10H18N4S/c1-11-8-5-3-4-6-9(8)15-10-12-7-13-14(10)2/h7-9,11H,3-6H2,1-2H3. The van der Waals surface area contributed by atoms with Gasteiger partial charge in [-0.2, -0.15) is 5.10 Å². The van der Waals surface area contributed by atoms with E-state index in [0.29, 0.717) is 11.3 Å². The smallest absolute Gasteiger partial charge is 0.186 e. The predicted octanol–water partition coefficient (Wildman–Crippen LogP) is 1.44. The van der Waals surface area contributed by atoms with E-state index >= 15 is 0 Å². The summed E-state index contributed by atoms with van der Waals surface area (Å²) in [4.78, 5) is 4.27. The Morgan fingerprint density at radius 3 is 2.93 bits per heavy atom. The summed E-state index contributed by atoms with van der Waals surface area (Å²) in [5.74, 6) is 0. The Morgan fingerprint density at radius 2 is 2.27 bits per heavy atom. The molecule has 0 radical (unpaired) electrons. The van der Waals surface area contributed by atoms with Crippen LogP contribution in [-0.2, 0) is 7.05 Å². The summed E-state index contributed by atoms with van der Waals surface area (Å²) in [6, 6.07) is 0.625. The highest BCUT2D eigenvalue weighted by molar-refractivity contribution is 7.99. The Bertz CT molecular complexity index is 312. The average Bonchev–Trinajstić information content (AvgIpc) is 2.65. The van der Waals surface area contributed by atoms with Gasteiger partial charge in [0.25, 0.3) is 0 Å². The lowest BCUT2D eigenvalue weighted by atomic mass is 9.95. The minimum Gasteiger partial charge on any atom is -0.316 e. The van der Waals surface area contributed by atoms with Gasteiger partial charge in [-0.25, -0.2) is 9.67 Å². The van der Waals surface area contributed by atoms with Crippen LogP contribution in [0.15, 0.2) is 11.5 Å². The van der Waals surface area contributed by atoms with Crippen molar-refractivity contribution in [2.45, 2.75) is 42.1 Å². The maximum atomic E-state index is 4.27. The van der Waals surface area contributed by atoms with Crippen LogP contribution in [0.1, 0.15) is 25.7 Å². The largest absolute Gasteiger partial charge is 0.316 e. The highest BCUT2D eigenvalue weighted by Gasteiger charge is 2.25. The van der Waals surface area contributed by atoms with Gasteiger partial charge < -0.3 is 5.32 Å². The quantitative estimate of drug-likeness (QED) is 0.847. The van der Waals surface area contributed by atoms with Crippen molar-refractivity contribution in [3.05, 3.63) is 6.33 Å². The summed E-state index contributed by atoms with van der Waals surface area (Å²) in [5.41, 5.74) is 0. The van der Waals surface area contributed by atoms with E-state index in [2.05, 4.69) is 22.4 Å². The number of aromatic nitrogens is 3. The molecule has 1 aromatic heterocycles. The van der Waals surface area contributed by atoms with Crippen molar-refractivity contribution < 1.29 is 0 Å². The number of hydrogen-bond donors (Lipinski definition) is 1. The van der Waals surface area contributed by atoms with Crippen LogP contribution in [-0.4, -0.2) is 33.1 Å². The molecule has 1 aliphatic rings. The Hall–Kier alpha value is -0.550. The van der Waals surface area contributed by atoms with Gasteiger partial charge in [0.1, 0.15) is 6.33 Å². The summed E-state index contributed by atoms with van der Waals surface area (Å²) in [5, 5.41) is 9.18. The van der Waals surface area contributed by atoms with Crippen molar-refractivity contribution in [1.82, 2.24) is 20.1 Å². The van der Waals surface area contributed by atoms with Crippen molar-refractivity contribution in [2.24, 2.45) is 7.05 Å². The molecule has 15 heavy (non-hydrogen) atoms. The molecule has 0 aliphatic heterocycles. The number of aryl methyl sites for hydroxylation is 1. The first-order chi connectivity index (χ1) is 7.31. The maximum Gasteiger partial charge on any atom is 0.186 e. The van der Waals surface area contributed by atoms with E-state index in [0.717, 1.165) is 5.16 Å². The van der Waals surface area contributed by atoms with Gasteiger partial charge in [0.2, 0.25) is 0 Å². The van der Waals surface area contributed by atoms with Crippen molar-refractivity contribution in [3.63, 3.8) is 0 Å². The van der Waals surface area contributed by atoms with Crippen LogP contribution in [0, 0.1) is 0 Å². The van der Waals surface area contributed by atoms with E-state index in [1.807, 2.05) is 23.5 Å². The Morgan fingerprint density at radius 1 is 1.47 bits per heavy atom. The van der Waals surface area contributed by atoms with Crippen molar-refractivity contribution >= 4 is 11.8 Å². The zero-order chi connectivity index (χ0) is 10.7. The molecular weight excluding hydrogens is 208 g/mol. The van der Waals surface area contributed by atoms with Gasteiger partial charge in [0.15, 0.2) is 5.16 Å². The Labute approximate surface area is 94.8 Å². The first-order valence-corrected chi connectivity index (χ1v) is 6.37. The molecule has 84 valence electrons. The molecule has 2 unspecified atom stereocenters. The number of nitrogens with one attached hydrogen (secondary N) is 1. The van der Waals surface area contributed by atoms with E-state index < -0.39 is 0 Å². The number of nitrogens with zero attached hydrogens (tertiary/aromatic N) is 3. The van der Waals surface area contributed by atoms with Gasteiger partial charge in [-0.15, -0.1) is 0 Å². The molecule has 2 rings (SSSR count). The molecule has 0 bridgehead atoms. The second-order valence-corrected chi connectivity index (χ2v) is 5.21. The van der Waals surface area contributed by atoms with Crippen LogP contribution in [0.3, 0.4) is 0 Å². The second-order valence-electron chi connectivity index (χ2n) is 4.00. The molecule has 1 N–H and O–H groups in total. The molecule has 0 aromatic carbocycles.